The summed E-state index contributed by atoms with van der Waals surface area (Å²) in [6.45, 7) is 4.26. The van der Waals surface area contributed by atoms with Gasteiger partial charge in [-0.15, -0.1) is 0 Å². The molecule has 19 heavy (non-hydrogen) atoms. The van der Waals surface area contributed by atoms with Gasteiger partial charge in [-0.1, -0.05) is 0 Å². The smallest absolute Gasteiger partial charge is 0.226 e. The highest BCUT2D eigenvalue weighted by atomic mass is 19.1. The van der Waals surface area contributed by atoms with E-state index in [0.717, 1.165) is 5.56 Å². The van der Waals surface area contributed by atoms with Gasteiger partial charge in [-0.3, -0.25) is 4.79 Å². The fourth-order valence-electron chi connectivity index (χ4n) is 1.59. The van der Waals surface area contributed by atoms with Gasteiger partial charge in [0, 0.05) is 13.1 Å². The Hall–Kier alpha value is -1.62. The van der Waals surface area contributed by atoms with Crippen LogP contribution in [0, 0.1) is 11.2 Å². The number of amides is 1. The van der Waals surface area contributed by atoms with Gasteiger partial charge in [0.05, 0.1) is 12.5 Å². The second-order valence-electron chi connectivity index (χ2n) is 5.05. The summed E-state index contributed by atoms with van der Waals surface area (Å²) in [5, 5.41) is 2.80. The molecule has 1 amide bonds. The predicted molar refractivity (Wildman–Crippen MR) is 72.5 cm³/mol. The van der Waals surface area contributed by atoms with Crippen LogP contribution in [0.1, 0.15) is 19.4 Å². The summed E-state index contributed by atoms with van der Waals surface area (Å²) in [7, 11) is 1.53. The number of carbonyl (C=O) groups excluding carboxylic acids is 1. The second kappa shape index (κ2) is 6.52. The van der Waals surface area contributed by atoms with E-state index in [-0.39, 0.29) is 18.3 Å². The third kappa shape index (κ3) is 4.21. The molecule has 0 heterocycles. The molecule has 0 spiro atoms. The van der Waals surface area contributed by atoms with Gasteiger partial charge >= 0.3 is 0 Å². The lowest BCUT2D eigenvalue weighted by molar-refractivity contribution is -0.128. The molecule has 0 unspecified atom stereocenters. The molecule has 0 aliphatic carbocycles. The van der Waals surface area contributed by atoms with E-state index in [9.17, 15) is 9.18 Å². The van der Waals surface area contributed by atoms with Crippen molar-refractivity contribution in [2.75, 3.05) is 20.2 Å². The van der Waals surface area contributed by atoms with E-state index in [2.05, 4.69) is 5.32 Å². The van der Waals surface area contributed by atoms with Gasteiger partial charge in [-0.05, 0) is 44.0 Å². The molecule has 0 radical (unpaired) electrons. The number of nitrogens with two attached hydrogens (primary N) is 1. The maximum atomic E-state index is 13.2. The number of carbonyl (C=O) groups is 1. The largest absolute Gasteiger partial charge is 0.496 e. The second-order valence-corrected chi connectivity index (χ2v) is 5.05. The van der Waals surface area contributed by atoms with Crippen molar-refractivity contribution in [2.24, 2.45) is 11.1 Å². The molecule has 0 aromatic heterocycles. The molecule has 1 rings (SSSR count). The minimum absolute atomic E-state index is 0.106. The Labute approximate surface area is 113 Å². The summed E-state index contributed by atoms with van der Waals surface area (Å²) in [6.07, 6.45) is 0.507. The topological polar surface area (TPSA) is 64.3 Å². The van der Waals surface area contributed by atoms with Crippen LogP contribution in [0.4, 0.5) is 4.39 Å². The van der Waals surface area contributed by atoms with E-state index >= 15 is 0 Å². The van der Waals surface area contributed by atoms with Crippen LogP contribution in [-0.4, -0.2) is 26.1 Å². The summed E-state index contributed by atoms with van der Waals surface area (Å²) in [6, 6.07) is 4.34. The molecule has 0 bridgehead atoms. The average molecular weight is 268 g/mol. The summed E-state index contributed by atoms with van der Waals surface area (Å²) in [4.78, 5) is 11.8. The van der Waals surface area contributed by atoms with Crippen LogP contribution in [0.2, 0.25) is 0 Å². The SMILES string of the molecule is COc1ccc(F)cc1CCNC(=O)C(C)(C)CN. The molecule has 5 heteroatoms. The average Bonchev–Trinajstić information content (AvgIpc) is 2.38. The first kappa shape index (κ1) is 15.4. The third-order valence-corrected chi connectivity index (χ3v) is 3.05. The zero-order valence-electron chi connectivity index (χ0n) is 11.6. The quantitative estimate of drug-likeness (QED) is 0.821. The van der Waals surface area contributed by atoms with E-state index in [1.54, 1.807) is 19.9 Å². The molecule has 0 saturated carbocycles. The number of hydrogen-bond donors (Lipinski definition) is 2. The molecular weight excluding hydrogens is 247 g/mol. The minimum Gasteiger partial charge on any atom is -0.496 e. The zero-order chi connectivity index (χ0) is 14.5. The zero-order valence-corrected chi connectivity index (χ0v) is 11.6. The number of nitrogens with one attached hydrogen (secondary N) is 1. The Bertz CT molecular complexity index is 447. The first-order valence-corrected chi connectivity index (χ1v) is 6.21. The highest BCUT2D eigenvalue weighted by Gasteiger charge is 2.25. The predicted octanol–water partition coefficient (Wildman–Crippen LogP) is 1.48. The lowest BCUT2D eigenvalue weighted by Crippen LogP contribution is -2.42. The van der Waals surface area contributed by atoms with Crippen LogP contribution in [0.25, 0.3) is 0 Å². The lowest BCUT2D eigenvalue weighted by Gasteiger charge is -2.21. The van der Waals surface area contributed by atoms with Gasteiger partial charge < -0.3 is 15.8 Å². The van der Waals surface area contributed by atoms with Crippen LogP contribution < -0.4 is 15.8 Å². The Kier molecular flexibility index (Phi) is 5.30. The molecule has 4 nitrogen and oxygen atoms in total. The van der Waals surface area contributed by atoms with Crippen LogP contribution >= 0.6 is 0 Å². The summed E-state index contributed by atoms with van der Waals surface area (Å²) < 4.78 is 18.3. The Morgan fingerprint density at radius 2 is 2.16 bits per heavy atom. The Morgan fingerprint density at radius 1 is 1.47 bits per heavy atom. The molecule has 0 saturated heterocycles. The standard InChI is InChI=1S/C14H21FN2O2/c1-14(2,9-16)13(18)17-7-6-10-8-11(15)4-5-12(10)19-3/h4-5,8H,6-7,9,16H2,1-3H3,(H,17,18). The number of halogens is 1. The van der Waals surface area contributed by atoms with Gasteiger partial charge in [0.2, 0.25) is 5.91 Å². The summed E-state index contributed by atoms with van der Waals surface area (Å²) in [5.41, 5.74) is 5.66. The number of methoxy groups -OCH3 is 1. The van der Waals surface area contributed by atoms with Gasteiger partial charge in [-0.25, -0.2) is 4.39 Å². The van der Waals surface area contributed by atoms with Crippen molar-refractivity contribution in [3.8, 4) is 5.75 Å². The molecular formula is C14H21FN2O2. The van der Waals surface area contributed by atoms with Crippen LogP contribution in [-0.2, 0) is 11.2 Å². The van der Waals surface area contributed by atoms with E-state index in [1.807, 2.05) is 0 Å². The van der Waals surface area contributed by atoms with Crippen molar-refractivity contribution < 1.29 is 13.9 Å². The van der Waals surface area contributed by atoms with Crippen LogP contribution in [0.3, 0.4) is 0 Å². The summed E-state index contributed by atoms with van der Waals surface area (Å²) in [5.74, 6) is 0.198. The van der Waals surface area contributed by atoms with Crippen molar-refractivity contribution in [3.05, 3.63) is 29.6 Å². The fourth-order valence-corrected chi connectivity index (χ4v) is 1.59. The molecule has 1 aromatic rings. The monoisotopic (exact) mass is 268 g/mol. The van der Waals surface area contributed by atoms with E-state index in [4.69, 9.17) is 10.5 Å². The maximum Gasteiger partial charge on any atom is 0.226 e. The molecule has 0 fully saturated rings. The fraction of sp³-hybridized carbons (Fsp3) is 0.500. The van der Waals surface area contributed by atoms with Crippen LogP contribution in [0.5, 0.6) is 5.75 Å². The number of rotatable bonds is 6. The van der Waals surface area contributed by atoms with Crippen molar-refractivity contribution in [3.63, 3.8) is 0 Å². The molecule has 0 atom stereocenters. The molecule has 0 aliphatic rings. The number of hydrogen-bond acceptors (Lipinski definition) is 3. The van der Waals surface area contributed by atoms with E-state index in [1.165, 1.54) is 19.2 Å². The third-order valence-electron chi connectivity index (χ3n) is 3.05. The van der Waals surface area contributed by atoms with Crippen molar-refractivity contribution in [2.45, 2.75) is 20.3 Å². The van der Waals surface area contributed by atoms with Crippen molar-refractivity contribution >= 4 is 5.91 Å². The molecule has 1 aromatic carbocycles. The first-order chi connectivity index (χ1) is 8.90. The maximum absolute atomic E-state index is 13.2. The van der Waals surface area contributed by atoms with Gasteiger partial charge in [0.15, 0.2) is 0 Å². The Morgan fingerprint density at radius 3 is 2.74 bits per heavy atom. The van der Waals surface area contributed by atoms with Gasteiger partial charge in [0.1, 0.15) is 11.6 Å². The first-order valence-electron chi connectivity index (χ1n) is 6.21. The molecule has 106 valence electrons. The molecule has 3 N–H and O–H groups in total. The highest BCUT2D eigenvalue weighted by Crippen LogP contribution is 2.19. The highest BCUT2D eigenvalue weighted by molar-refractivity contribution is 5.82. The van der Waals surface area contributed by atoms with Crippen LogP contribution in [0.15, 0.2) is 18.2 Å². The molecule has 0 aliphatic heterocycles. The number of benzene rings is 1. The van der Waals surface area contributed by atoms with E-state index in [0.29, 0.717) is 18.7 Å². The summed E-state index contributed by atoms with van der Waals surface area (Å²) >= 11 is 0. The minimum atomic E-state index is -0.591. The van der Waals surface area contributed by atoms with Crippen molar-refractivity contribution in [1.29, 1.82) is 0 Å². The number of ether oxygens (including phenoxy) is 1. The van der Waals surface area contributed by atoms with Crippen molar-refractivity contribution in [1.82, 2.24) is 5.32 Å². The lowest BCUT2D eigenvalue weighted by atomic mass is 9.92. The Balaban J connectivity index is 2.58. The van der Waals surface area contributed by atoms with Gasteiger partial charge in [0.25, 0.3) is 0 Å². The van der Waals surface area contributed by atoms with E-state index < -0.39 is 5.41 Å². The normalized spacial score (nSPS) is 11.2. The van der Waals surface area contributed by atoms with Gasteiger partial charge in [-0.2, -0.15) is 0 Å².